The van der Waals surface area contributed by atoms with E-state index in [1.165, 1.54) is 4.68 Å². The Balaban J connectivity index is 1.74. The molecule has 0 aliphatic carbocycles. The molecule has 3 rings (SSSR count). The average molecular weight is 403 g/mol. The van der Waals surface area contributed by atoms with E-state index < -0.39 is 11.0 Å². The molecule has 0 saturated carbocycles. The standard InChI is InChI=1S/C18H19ClN6O3/c1-11-8-17(22-23(11)10-14-6-4-5-7-15(14)19)21-18(26)13(3)24-12(2)16(9-20-24)25(27)28/h4-9,13H,10H2,1-3H3,(H,21,22,26). The van der Waals surface area contributed by atoms with Crippen molar-refractivity contribution >= 4 is 29.0 Å². The van der Waals surface area contributed by atoms with Crippen LogP contribution in [0.25, 0.3) is 0 Å². The van der Waals surface area contributed by atoms with E-state index in [0.717, 1.165) is 17.5 Å². The molecule has 9 nitrogen and oxygen atoms in total. The molecule has 0 bridgehead atoms. The molecule has 1 N–H and O–H groups in total. The number of carbonyl (C=O) groups excluding carboxylic acids is 1. The summed E-state index contributed by atoms with van der Waals surface area (Å²) < 4.78 is 3.06. The van der Waals surface area contributed by atoms with Crippen molar-refractivity contribution in [3.05, 3.63) is 68.6 Å². The lowest BCUT2D eigenvalue weighted by Gasteiger charge is -2.12. The molecule has 0 spiro atoms. The molecule has 0 fully saturated rings. The highest BCUT2D eigenvalue weighted by Gasteiger charge is 2.24. The summed E-state index contributed by atoms with van der Waals surface area (Å²) in [7, 11) is 0. The summed E-state index contributed by atoms with van der Waals surface area (Å²) in [6.07, 6.45) is 1.14. The average Bonchev–Trinajstić information content (AvgIpc) is 3.19. The van der Waals surface area contributed by atoms with Crippen molar-refractivity contribution in [1.29, 1.82) is 0 Å². The summed E-state index contributed by atoms with van der Waals surface area (Å²) in [5, 5.41) is 22.7. The topological polar surface area (TPSA) is 108 Å². The van der Waals surface area contributed by atoms with Gasteiger partial charge in [0.25, 0.3) is 0 Å². The molecule has 3 aromatic rings. The van der Waals surface area contributed by atoms with Crippen LogP contribution >= 0.6 is 11.6 Å². The highest BCUT2D eigenvalue weighted by molar-refractivity contribution is 6.31. The summed E-state index contributed by atoms with van der Waals surface area (Å²) in [6, 6.07) is 8.50. The zero-order valence-electron chi connectivity index (χ0n) is 15.6. The van der Waals surface area contributed by atoms with Gasteiger partial charge in [-0.05, 0) is 32.4 Å². The minimum absolute atomic E-state index is 0.125. The van der Waals surface area contributed by atoms with Crippen molar-refractivity contribution in [2.75, 3.05) is 5.32 Å². The third kappa shape index (κ3) is 3.89. The maximum atomic E-state index is 12.6. The molecule has 146 valence electrons. The number of aryl methyl sites for hydroxylation is 1. The molecule has 0 saturated heterocycles. The molecule has 1 amide bonds. The van der Waals surface area contributed by atoms with Crippen LogP contribution in [0.15, 0.2) is 36.5 Å². The fraction of sp³-hybridized carbons (Fsp3) is 0.278. The second kappa shape index (κ2) is 7.81. The number of aromatic nitrogens is 4. The van der Waals surface area contributed by atoms with Gasteiger partial charge >= 0.3 is 5.69 Å². The number of hydrogen-bond donors (Lipinski definition) is 1. The van der Waals surface area contributed by atoms with Crippen LogP contribution < -0.4 is 5.32 Å². The van der Waals surface area contributed by atoms with Crippen molar-refractivity contribution < 1.29 is 9.72 Å². The van der Waals surface area contributed by atoms with Gasteiger partial charge in [-0.3, -0.25) is 24.3 Å². The summed E-state index contributed by atoms with van der Waals surface area (Å²) >= 11 is 6.20. The molecule has 28 heavy (non-hydrogen) atoms. The van der Waals surface area contributed by atoms with Crippen molar-refractivity contribution in [3.8, 4) is 0 Å². The van der Waals surface area contributed by atoms with E-state index >= 15 is 0 Å². The number of anilines is 1. The highest BCUT2D eigenvalue weighted by atomic mass is 35.5. The molecule has 1 aromatic carbocycles. The van der Waals surface area contributed by atoms with Crippen molar-refractivity contribution in [1.82, 2.24) is 19.6 Å². The van der Waals surface area contributed by atoms with E-state index in [4.69, 9.17) is 11.6 Å². The number of nitrogens with one attached hydrogen (secondary N) is 1. The maximum Gasteiger partial charge on any atom is 0.309 e. The summed E-state index contributed by atoms with van der Waals surface area (Å²) in [5.74, 6) is 0.0178. The lowest BCUT2D eigenvalue weighted by atomic mass is 10.2. The molecule has 2 aromatic heterocycles. The summed E-state index contributed by atoms with van der Waals surface area (Å²) in [5.41, 5.74) is 1.96. The SMILES string of the molecule is Cc1cc(NC(=O)C(C)n2ncc([N+](=O)[O-])c2C)nn1Cc1ccccc1Cl. The van der Waals surface area contributed by atoms with Gasteiger partial charge in [0.2, 0.25) is 5.91 Å². The predicted molar refractivity (Wildman–Crippen MR) is 104 cm³/mol. The Morgan fingerprint density at radius 2 is 2.07 bits per heavy atom. The third-order valence-corrected chi connectivity index (χ3v) is 4.84. The minimum Gasteiger partial charge on any atom is -0.307 e. The first-order chi connectivity index (χ1) is 13.3. The minimum atomic E-state index is -0.734. The molecule has 0 radical (unpaired) electrons. The summed E-state index contributed by atoms with van der Waals surface area (Å²) in [6.45, 7) is 5.52. The van der Waals surface area contributed by atoms with E-state index in [0.29, 0.717) is 23.1 Å². The Bertz CT molecular complexity index is 1040. The van der Waals surface area contributed by atoms with Gasteiger partial charge in [-0.25, -0.2) is 0 Å². The Hall–Kier alpha value is -3.20. The summed E-state index contributed by atoms with van der Waals surface area (Å²) in [4.78, 5) is 23.0. The zero-order chi connectivity index (χ0) is 20.4. The van der Waals surface area contributed by atoms with Crippen LogP contribution in [0.3, 0.4) is 0 Å². The van der Waals surface area contributed by atoms with E-state index in [-0.39, 0.29) is 11.6 Å². The molecule has 0 aliphatic rings. The molecule has 1 unspecified atom stereocenters. The Kier molecular flexibility index (Phi) is 5.46. The lowest BCUT2D eigenvalue weighted by molar-refractivity contribution is -0.385. The van der Waals surface area contributed by atoms with E-state index in [9.17, 15) is 14.9 Å². The molecule has 0 aliphatic heterocycles. The number of rotatable bonds is 6. The van der Waals surface area contributed by atoms with Gasteiger partial charge in [0.15, 0.2) is 5.82 Å². The Labute approximate surface area is 166 Å². The van der Waals surface area contributed by atoms with Gasteiger partial charge in [-0.2, -0.15) is 10.2 Å². The first-order valence-corrected chi connectivity index (χ1v) is 8.93. The van der Waals surface area contributed by atoms with E-state index in [2.05, 4.69) is 15.5 Å². The largest absolute Gasteiger partial charge is 0.309 e. The number of nitrogens with zero attached hydrogens (tertiary/aromatic N) is 5. The fourth-order valence-corrected chi connectivity index (χ4v) is 3.04. The van der Waals surface area contributed by atoms with E-state index in [1.54, 1.807) is 24.6 Å². The number of carbonyl (C=O) groups is 1. The first kappa shape index (κ1) is 19.6. The fourth-order valence-electron chi connectivity index (χ4n) is 2.85. The number of amides is 1. The van der Waals surface area contributed by atoms with Gasteiger partial charge in [0, 0.05) is 16.8 Å². The monoisotopic (exact) mass is 402 g/mol. The van der Waals surface area contributed by atoms with E-state index in [1.807, 2.05) is 31.2 Å². The van der Waals surface area contributed by atoms with Gasteiger partial charge in [0.1, 0.15) is 17.9 Å². The van der Waals surface area contributed by atoms with Gasteiger partial charge in [-0.1, -0.05) is 29.8 Å². The quantitative estimate of drug-likeness (QED) is 0.501. The van der Waals surface area contributed by atoms with Crippen LogP contribution in [0.1, 0.15) is 29.9 Å². The smallest absolute Gasteiger partial charge is 0.307 e. The molecular formula is C18H19ClN6O3. The molecule has 2 heterocycles. The number of halogens is 1. The van der Waals surface area contributed by atoms with Crippen LogP contribution in [-0.2, 0) is 11.3 Å². The van der Waals surface area contributed by atoms with Crippen molar-refractivity contribution in [2.45, 2.75) is 33.4 Å². The highest BCUT2D eigenvalue weighted by Crippen LogP contribution is 2.22. The van der Waals surface area contributed by atoms with Gasteiger partial charge in [0.05, 0.1) is 11.5 Å². The second-order valence-electron chi connectivity index (χ2n) is 6.40. The normalized spacial score (nSPS) is 12.0. The van der Waals surface area contributed by atoms with Gasteiger partial charge in [-0.15, -0.1) is 0 Å². The van der Waals surface area contributed by atoms with Crippen molar-refractivity contribution in [3.63, 3.8) is 0 Å². The Morgan fingerprint density at radius 1 is 1.36 bits per heavy atom. The molecule has 10 heteroatoms. The Morgan fingerprint density at radius 3 is 2.71 bits per heavy atom. The molecule has 1 atom stereocenters. The van der Waals surface area contributed by atoms with Crippen LogP contribution in [-0.4, -0.2) is 30.4 Å². The maximum absolute atomic E-state index is 12.6. The van der Waals surface area contributed by atoms with Crippen LogP contribution in [0.2, 0.25) is 5.02 Å². The van der Waals surface area contributed by atoms with Crippen molar-refractivity contribution in [2.24, 2.45) is 0 Å². The number of benzene rings is 1. The predicted octanol–water partition coefficient (Wildman–Crippen LogP) is 3.51. The zero-order valence-corrected chi connectivity index (χ0v) is 16.3. The molecular weight excluding hydrogens is 384 g/mol. The van der Waals surface area contributed by atoms with Crippen LogP contribution in [0.4, 0.5) is 11.5 Å². The van der Waals surface area contributed by atoms with Gasteiger partial charge < -0.3 is 5.32 Å². The third-order valence-electron chi connectivity index (χ3n) is 4.47. The lowest BCUT2D eigenvalue weighted by Crippen LogP contribution is -2.25. The first-order valence-electron chi connectivity index (χ1n) is 8.55. The second-order valence-corrected chi connectivity index (χ2v) is 6.81. The van der Waals surface area contributed by atoms with Crippen LogP contribution in [0, 0.1) is 24.0 Å². The number of nitro groups is 1. The van der Waals surface area contributed by atoms with Crippen LogP contribution in [0.5, 0.6) is 0 Å². The number of hydrogen-bond acceptors (Lipinski definition) is 5.